The zero-order valence-electron chi connectivity index (χ0n) is 9.10. The molecule has 1 aromatic carbocycles. The highest BCUT2D eigenvalue weighted by Crippen LogP contribution is 2.27. The molecule has 4 heteroatoms. The first kappa shape index (κ1) is 10.8. The molecule has 0 N–H and O–H groups in total. The summed E-state index contributed by atoms with van der Waals surface area (Å²) in [6.45, 7) is 1.83. The minimum absolute atomic E-state index is 0.197. The van der Waals surface area contributed by atoms with Crippen molar-refractivity contribution in [1.82, 2.24) is 4.98 Å². The first-order valence-corrected chi connectivity index (χ1v) is 5.71. The predicted molar refractivity (Wildman–Crippen MR) is 64.7 cm³/mol. The van der Waals surface area contributed by atoms with E-state index in [4.69, 9.17) is 0 Å². The Morgan fingerprint density at radius 1 is 1.31 bits per heavy atom. The van der Waals surface area contributed by atoms with Gasteiger partial charge in [0.1, 0.15) is 5.01 Å². The van der Waals surface area contributed by atoms with Gasteiger partial charge in [-0.25, -0.2) is 4.98 Å². The van der Waals surface area contributed by atoms with Gasteiger partial charge in [0.15, 0.2) is 0 Å². The van der Waals surface area contributed by atoms with E-state index in [1.165, 1.54) is 18.4 Å². The number of benzene rings is 1. The number of aryl methyl sites for hydroxylation is 1. The molecular formula is C12H11N2OS-. The van der Waals surface area contributed by atoms with Gasteiger partial charge in [-0.15, -0.1) is 11.3 Å². The lowest BCUT2D eigenvalue weighted by Crippen LogP contribution is -2.17. The maximum Gasteiger partial charge on any atom is 0.124 e. The van der Waals surface area contributed by atoms with Crippen LogP contribution in [-0.2, 0) is 0 Å². The Balaban J connectivity index is 2.46. The Kier molecular flexibility index (Phi) is 3.01. The maximum absolute atomic E-state index is 11.5. The Morgan fingerprint density at radius 2 is 2.00 bits per heavy atom. The minimum atomic E-state index is -0.197. The van der Waals surface area contributed by atoms with E-state index in [-0.39, 0.29) is 5.90 Å². The standard InChI is InChI=1S/C12H12N2OS/c1-8-10(11(15)13-2)16-12(14-8)9-6-4-3-5-7-9/h3-7H,1-2H3,(H,13,15)/p-1. The van der Waals surface area contributed by atoms with Crippen LogP contribution in [0.5, 0.6) is 0 Å². The largest absolute Gasteiger partial charge is 0.858 e. The third kappa shape index (κ3) is 1.97. The smallest absolute Gasteiger partial charge is 0.124 e. The number of nitrogens with zero attached hydrogens (tertiary/aromatic N) is 2. The molecule has 3 nitrogen and oxygen atoms in total. The van der Waals surface area contributed by atoms with Crippen molar-refractivity contribution in [1.29, 1.82) is 0 Å². The molecule has 0 aliphatic carbocycles. The number of rotatable bonds is 2. The van der Waals surface area contributed by atoms with Crippen LogP contribution in [0.2, 0.25) is 0 Å². The van der Waals surface area contributed by atoms with Gasteiger partial charge >= 0.3 is 0 Å². The van der Waals surface area contributed by atoms with Crippen molar-refractivity contribution < 1.29 is 5.11 Å². The van der Waals surface area contributed by atoms with Gasteiger partial charge in [0, 0.05) is 18.5 Å². The van der Waals surface area contributed by atoms with Gasteiger partial charge < -0.3 is 10.1 Å². The lowest BCUT2D eigenvalue weighted by molar-refractivity contribution is -0.212. The van der Waals surface area contributed by atoms with E-state index < -0.39 is 0 Å². The number of hydrogen-bond donors (Lipinski definition) is 0. The van der Waals surface area contributed by atoms with Gasteiger partial charge in [-0.1, -0.05) is 30.3 Å². The third-order valence-corrected chi connectivity index (χ3v) is 3.41. The summed E-state index contributed by atoms with van der Waals surface area (Å²) in [7, 11) is 1.50. The van der Waals surface area contributed by atoms with E-state index in [9.17, 15) is 5.11 Å². The first-order valence-electron chi connectivity index (χ1n) is 4.89. The Labute approximate surface area is 98.1 Å². The summed E-state index contributed by atoms with van der Waals surface area (Å²) in [4.78, 5) is 8.67. The molecule has 1 heterocycles. The lowest BCUT2D eigenvalue weighted by atomic mass is 10.2. The SMILES string of the molecule is CN=C([O-])c1sc(-c2ccccc2)nc1C. The van der Waals surface area contributed by atoms with Gasteiger partial charge in [-0.2, -0.15) is 0 Å². The Hall–Kier alpha value is -1.68. The van der Waals surface area contributed by atoms with E-state index in [2.05, 4.69) is 9.98 Å². The number of hydrogen-bond acceptors (Lipinski definition) is 4. The van der Waals surface area contributed by atoms with Crippen LogP contribution in [0.1, 0.15) is 10.6 Å². The highest BCUT2D eigenvalue weighted by molar-refractivity contribution is 7.17. The lowest BCUT2D eigenvalue weighted by Gasteiger charge is -2.05. The molecule has 0 amide bonds. The summed E-state index contributed by atoms with van der Waals surface area (Å²) in [6, 6.07) is 9.83. The molecule has 2 aromatic rings. The normalized spacial score (nSPS) is 11.8. The second-order valence-electron chi connectivity index (χ2n) is 3.33. The first-order chi connectivity index (χ1) is 7.72. The molecule has 0 aliphatic rings. The van der Waals surface area contributed by atoms with E-state index in [0.29, 0.717) is 4.88 Å². The molecule has 16 heavy (non-hydrogen) atoms. The van der Waals surface area contributed by atoms with Crippen molar-refractivity contribution in [2.75, 3.05) is 7.05 Å². The fraction of sp³-hybridized carbons (Fsp3) is 0.167. The van der Waals surface area contributed by atoms with Crippen molar-refractivity contribution in [2.24, 2.45) is 4.99 Å². The summed E-state index contributed by atoms with van der Waals surface area (Å²) in [6.07, 6.45) is 0. The quantitative estimate of drug-likeness (QED) is 0.585. The van der Waals surface area contributed by atoms with Crippen molar-refractivity contribution in [3.05, 3.63) is 40.9 Å². The third-order valence-electron chi connectivity index (χ3n) is 2.21. The molecule has 2 rings (SSSR count). The molecule has 0 saturated heterocycles. The van der Waals surface area contributed by atoms with Crippen molar-refractivity contribution in [3.8, 4) is 10.6 Å². The van der Waals surface area contributed by atoms with Crippen LogP contribution in [0, 0.1) is 6.92 Å². The average molecular weight is 231 g/mol. The van der Waals surface area contributed by atoms with Crippen LogP contribution in [0.25, 0.3) is 10.6 Å². The van der Waals surface area contributed by atoms with Gasteiger partial charge in [0.25, 0.3) is 0 Å². The second kappa shape index (κ2) is 4.45. The van der Waals surface area contributed by atoms with Crippen molar-refractivity contribution >= 4 is 17.2 Å². The summed E-state index contributed by atoms with van der Waals surface area (Å²) in [5.74, 6) is -0.197. The zero-order valence-corrected chi connectivity index (χ0v) is 9.91. The van der Waals surface area contributed by atoms with Gasteiger partial charge in [0.2, 0.25) is 0 Å². The minimum Gasteiger partial charge on any atom is -0.858 e. The molecular weight excluding hydrogens is 220 g/mol. The van der Waals surface area contributed by atoms with Crippen LogP contribution in [0.3, 0.4) is 0 Å². The summed E-state index contributed by atoms with van der Waals surface area (Å²) < 4.78 is 0. The number of aromatic nitrogens is 1. The highest BCUT2D eigenvalue weighted by atomic mass is 32.1. The van der Waals surface area contributed by atoms with E-state index in [1.807, 2.05) is 37.3 Å². The van der Waals surface area contributed by atoms with Crippen LogP contribution < -0.4 is 5.11 Å². The molecule has 0 atom stereocenters. The van der Waals surface area contributed by atoms with Crippen molar-refractivity contribution in [2.45, 2.75) is 6.92 Å². The van der Waals surface area contributed by atoms with Crippen LogP contribution in [0.4, 0.5) is 0 Å². The van der Waals surface area contributed by atoms with Crippen LogP contribution in [0.15, 0.2) is 35.3 Å². The molecule has 0 aliphatic heterocycles. The molecule has 1 aromatic heterocycles. The maximum atomic E-state index is 11.5. The van der Waals surface area contributed by atoms with E-state index in [0.717, 1.165) is 16.3 Å². The average Bonchev–Trinajstić information content (AvgIpc) is 2.71. The summed E-state index contributed by atoms with van der Waals surface area (Å²) >= 11 is 1.39. The number of thiazole rings is 1. The molecule has 82 valence electrons. The Morgan fingerprint density at radius 3 is 2.62 bits per heavy atom. The molecule has 0 unspecified atom stereocenters. The van der Waals surface area contributed by atoms with E-state index in [1.54, 1.807) is 0 Å². The number of aliphatic imine (C=N–C) groups is 1. The molecule has 0 radical (unpaired) electrons. The zero-order chi connectivity index (χ0) is 11.5. The molecule has 0 spiro atoms. The summed E-state index contributed by atoms with van der Waals surface area (Å²) in [5.41, 5.74) is 1.78. The van der Waals surface area contributed by atoms with Gasteiger partial charge in [0.05, 0.1) is 10.6 Å². The van der Waals surface area contributed by atoms with E-state index >= 15 is 0 Å². The summed E-state index contributed by atoms with van der Waals surface area (Å²) in [5, 5.41) is 12.3. The van der Waals surface area contributed by atoms with Crippen molar-refractivity contribution in [3.63, 3.8) is 0 Å². The molecule has 0 bridgehead atoms. The monoisotopic (exact) mass is 231 g/mol. The topological polar surface area (TPSA) is 48.3 Å². The van der Waals surface area contributed by atoms with Crippen LogP contribution in [-0.4, -0.2) is 17.9 Å². The fourth-order valence-electron chi connectivity index (χ4n) is 1.40. The Bertz CT molecular complexity index is 517. The predicted octanol–water partition coefficient (Wildman–Crippen LogP) is 1.86. The van der Waals surface area contributed by atoms with Crippen LogP contribution >= 0.6 is 11.3 Å². The second-order valence-corrected chi connectivity index (χ2v) is 4.33. The van der Waals surface area contributed by atoms with Gasteiger partial charge in [-0.3, -0.25) is 0 Å². The fourth-order valence-corrected chi connectivity index (χ4v) is 2.40. The van der Waals surface area contributed by atoms with Gasteiger partial charge in [-0.05, 0) is 6.92 Å². The molecule has 0 fully saturated rings. The highest BCUT2D eigenvalue weighted by Gasteiger charge is 2.08. The molecule has 0 saturated carbocycles.